The maximum atomic E-state index is 11.4. The quantitative estimate of drug-likeness (QED) is 0.795. The van der Waals surface area contributed by atoms with E-state index in [1.165, 1.54) is 0 Å². The molecule has 2 aromatic rings. The average molecular weight is 263 g/mol. The van der Waals surface area contributed by atoms with Crippen molar-refractivity contribution in [3.05, 3.63) is 29.0 Å². The molecule has 0 atom stereocenters. The molecule has 3 rings (SSSR count). The van der Waals surface area contributed by atoms with Gasteiger partial charge >= 0.3 is 5.97 Å². The Labute approximate surface area is 109 Å². The lowest BCUT2D eigenvalue weighted by molar-refractivity contribution is -0.146. The topological polar surface area (TPSA) is 52.3 Å². The molecular formula is C13H13NO3S. The van der Waals surface area contributed by atoms with Crippen molar-refractivity contribution in [2.45, 2.75) is 26.4 Å². The molecule has 18 heavy (non-hydrogen) atoms. The Balaban J connectivity index is 1.70. The molecule has 1 saturated carbocycles. The second-order valence-electron chi connectivity index (χ2n) is 4.38. The summed E-state index contributed by atoms with van der Waals surface area (Å²) in [4.78, 5) is 16.8. The van der Waals surface area contributed by atoms with E-state index in [2.05, 4.69) is 4.98 Å². The number of hydrogen-bond donors (Lipinski definition) is 0. The second kappa shape index (κ2) is 4.57. The third kappa shape index (κ3) is 2.31. The first-order chi connectivity index (χ1) is 8.74. The van der Waals surface area contributed by atoms with E-state index in [0.717, 1.165) is 17.7 Å². The zero-order valence-corrected chi connectivity index (χ0v) is 10.8. The van der Waals surface area contributed by atoms with Gasteiger partial charge in [-0.15, -0.1) is 11.3 Å². The molecule has 5 heteroatoms. The normalized spacial score (nSPS) is 14.7. The highest BCUT2D eigenvalue weighted by atomic mass is 32.1. The SMILES string of the molecule is Cc1oc(-c2cccs2)nc1COC(=O)C1CC1. The third-order valence-corrected chi connectivity index (χ3v) is 3.74. The monoisotopic (exact) mass is 263 g/mol. The second-order valence-corrected chi connectivity index (χ2v) is 5.33. The summed E-state index contributed by atoms with van der Waals surface area (Å²) in [5.74, 6) is 1.31. The number of aryl methyl sites for hydroxylation is 1. The summed E-state index contributed by atoms with van der Waals surface area (Å²) in [5.41, 5.74) is 0.701. The Morgan fingerprint density at radius 2 is 2.44 bits per heavy atom. The Morgan fingerprint density at radius 1 is 1.61 bits per heavy atom. The Kier molecular flexibility index (Phi) is 2.91. The van der Waals surface area contributed by atoms with Crippen LogP contribution in [0.15, 0.2) is 21.9 Å². The number of thiophene rings is 1. The highest BCUT2D eigenvalue weighted by Gasteiger charge is 2.31. The van der Waals surface area contributed by atoms with Gasteiger partial charge in [-0.05, 0) is 31.2 Å². The van der Waals surface area contributed by atoms with Crippen molar-refractivity contribution < 1.29 is 13.9 Å². The Hall–Kier alpha value is -1.62. The van der Waals surface area contributed by atoms with Crippen LogP contribution in [-0.2, 0) is 16.1 Å². The minimum Gasteiger partial charge on any atom is -0.459 e. The number of aromatic nitrogens is 1. The van der Waals surface area contributed by atoms with Gasteiger partial charge in [0.1, 0.15) is 18.1 Å². The van der Waals surface area contributed by atoms with Crippen molar-refractivity contribution >= 4 is 17.3 Å². The fourth-order valence-corrected chi connectivity index (χ4v) is 2.29. The number of carbonyl (C=O) groups excluding carboxylic acids is 1. The molecule has 2 aromatic heterocycles. The third-order valence-electron chi connectivity index (χ3n) is 2.89. The average Bonchev–Trinajstić information content (AvgIpc) is 2.94. The van der Waals surface area contributed by atoms with Crippen LogP contribution in [0.3, 0.4) is 0 Å². The van der Waals surface area contributed by atoms with E-state index in [1.807, 2.05) is 24.4 Å². The summed E-state index contributed by atoms with van der Waals surface area (Å²) >= 11 is 1.57. The van der Waals surface area contributed by atoms with E-state index in [1.54, 1.807) is 11.3 Å². The van der Waals surface area contributed by atoms with Crippen molar-refractivity contribution in [3.63, 3.8) is 0 Å². The number of hydrogen-bond acceptors (Lipinski definition) is 5. The molecule has 1 aliphatic carbocycles. The zero-order valence-electron chi connectivity index (χ0n) is 10.0. The maximum Gasteiger partial charge on any atom is 0.309 e. The van der Waals surface area contributed by atoms with Crippen LogP contribution in [0, 0.1) is 12.8 Å². The van der Waals surface area contributed by atoms with Gasteiger partial charge in [-0.3, -0.25) is 4.79 Å². The van der Waals surface area contributed by atoms with E-state index in [0.29, 0.717) is 17.3 Å². The molecule has 2 heterocycles. The van der Waals surface area contributed by atoms with Crippen LogP contribution in [0.2, 0.25) is 0 Å². The van der Waals surface area contributed by atoms with Gasteiger partial charge in [-0.25, -0.2) is 4.98 Å². The van der Waals surface area contributed by atoms with Crippen LogP contribution in [0.25, 0.3) is 10.8 Å². The molecule has 4 nitrogen and oxygen atoms in total. The number of ether oxygens (including phenoxy) is 1. The smallest absolute Gasteiger partial charge is 0.309 e. The molecule has 1 fully saturated rings. The predicted molar refractivity (Wildman–Crippen MR) is 67.1 cm³/mol. The molecule has 0 amide bonds. The summed E-state index contributed by atoms with van der Waals surface area (Å²) in [6.45, 7) is 2.04. The first-order valence-corrected chi connectivity index (χ1v) is 6.79. The number of esters is 1. The fraction of sp³-hybridized carbons (Fsp3) is 0.385. The molecule has 0 radical (unpaired) electrons. The molecule has 0 unspecified atom stereocenters. The summed E-state index contributed by atoms with van der Waals surface area (Å²) in [6.07, 6.45) is 1.91. The largest absolute Gasteiger partial charge is 0.459 e. The molecule has 94 valence electrons. The van der Waals surface area contributed by atoms with Crippen LogP contribution < -0.4 is 0 Å². The van der Waals surface area contributed by atoms with Crippen molar-refractivity contribution in [2.75, 3.05) is 0 Å². The standard InChI is InChI=1S/C13H13NO3S/c1-8-10(7-16-13(15)9-4-5-9)14-12(17-8)11-3-2-6-18-11/h2-3,6,9H,4-5,7H2,1H3. The van der Waals surface area contributed by atoms with E-state index in [4.69, 9.17) is 9.15 Å². The Bertz CT molecular complexity index is 555. The molecule has 1 aliphatic rings. The first-order valence-electron chi connectivity index (χ1n) is 5.91. The molecule has 0 bridgehead atoms. The Morgan fingerprint density at radius 3 is 3.11 bits per heavy atom. The van der Waals surface area contributed by atoms with Crippen molar-refractivity contribution in [1.29, 1.82) is 0 Å². The minimum absolute atomic E-state index is 0.116. The molecule has 0 aromatic carbocycles. The number of nitrogens with zero attached hydrogens (tertiary/aromatic N) is 1. The van der Waals surface area contributed by atoms with Gasteiger partial charge in [0.2, 0.25) is 5.89 Å². The number of carbonyl (C=O) groups is 1. The predicted octanol–water partition coefficient (Wildman–Crippen LogP) is 3.16. The van der Waals surface area contributed by atoms with Crippen molar-refractivity contribution in [3.8, 4) is 10.8 Å². The fourth-order valence-electron chi connectivity index (χ4n) is 1.64. The highest BCUT2D eigenvalue weighted by molar-refractivity contribution is 7.13. The molecule has 0 aliphatic heterocycles. The summed E-state index contributed by atoms with van der Waals surface area (Å²) in [5, 5.41) is 1.97. The van der Waals surface area contributed by atoms with Gasteiger partial charge in [0.05, 0.1) is 10.8 Å². The van der Waals surface area contributed by atoms with Crippen molar-refractivity contribution in [2.24, 2.45) is 5.92 Å². The number of oxazole rings is 1. The van der Waals surface area contributed by atoms with Gasteiger partial charge in [0, 0.05) is 0 Å². The van der Waals surface area contributed by atoms with Crippen LogP contribution in [-0.4, -0.2) is 11.0 Å². The van der Waals surface area contributed by atoms with Crippen LogP contribution >= 0.6 is 11.3 Å². The summed E-state index contributed by atoms with van der Waals surface area (Å²) in [7, 11) is 0. The molecular weight excluding hydrogens is 250 g/mol. The maximum absolute atomic E-state index is 11.4. The lowest BCUT2D eigenvalue weighted by Crippen LogP contribution is -2.07. The molecule has 0 spiro atoms. The van der Waals surface area contributed by atoms with Crippen LogP contribution in [0.5, 0.6) is 0 Å². The lowest BCUT2D eigenvalue weighted by atomic mass is 10.4. The number of rotatable bonds is 4. The van der Waals surface area contributed by atoms with Crippen LogP contribution in [0.4, 0.5) is 0 Å². The summed E-state index contributed by atoms with van der Waals surface area (Å²) in [6, 6.07) is 3.91. The highest BCUT2D eigenvalue weighted by Crippen LogP contribution is 2.31. The van der Waals surface area contributed by atoms with Gasteiger partial charge in [0.15, 0.2) is 0 Å². The molecule has 0 N–H and O–H groups in total. The molecule has 0 saturated heterocycles. The van der Waals surface area contributed by atoms with Gasteiger partial charge in [0.25, 0.3) is 0 Å². The van der Waals surface area contributed by atoms with E-state index >= 15 is 0 Å². The first kappa shape index (κ1) is 11.5. The van der Waals surface area contributed by atoms with Gasteiger partial charge in [-0.2, -0.15) is 0 Å². The zero-order chi connectivity index (χ0) is 12.5. The van der Waals surface area contributed by atoms with E-state index < -0.39 is 0 Å². The van der Waals surface area contributed by atoms with Crippen LogP contribution in [0.1, 0.15) is 24.3 Å². The van der Waals surface area contributed by atoms with Gasteiger partial charge in [-0.1, -0.05) is 6.07 Å². The van der Waals surface area contributed by atoms with E-state index in [9.17, 15) is 4.79 Å². The van der Waals surface area contributed by atoms with Gasteiger partial charge < -0.3 is 9.15 Å². The van der Waals surface area contributed by atoms with E-state index in [-0.39, 0.29) is 18.5 Å². The lowest BCUT2D eigenvalue weighted by Gasteiger charge is -2.00. The minimum atomic E-state index is -0.116. The summed E-state index contributed by atoms with van der Waals surface area (Å²) < 4.78 is 10.8. The van der Waals surface area contributed by atoms with Crippen molar-refractivity contribution in [1.82, 2.24) is 4.98 Å².